The average Bonchev–Trinajstić information content (AvgIpc) is 3.15. The van der Waals surface area contributed by atoms with E-state index in [0.717, 1.165) is 22.0 Å². The zero-order valence-corrected chi connectivity index (χ0v) is 14.2. The second-order valence-corrected chi connectivity index (χ2v) is 6.73. The second-order valence-electron chi connectivity index (χ2n) is 6.73. The number of nitrogens with zero attached hydrogens (tertiary/aromatic N) is 1. The molecule has 0 saturated carbocycles. The molecule has 26 heavy (non-hydrogen) atoms. The van der Waals surface area contributed by atoms with Crippen LogP contribution in [0, 0.1) is 11.7 Å². The van der Waals surface area contributed by atoms with Crippen LogP contribution in [0.3, 0.4) is 0 Å². The second kappa shape index (κ2) is 6.75. The van der Waals surface area contributed by atoms with Gasteiger partial charge in [-0.3, -0.25) is 14.5 Å². The van der Waals surface area contributed by atoms with Crippen LogP contribution in [0.5, 0.6) is 0 Å². The van der Waals surface area contributed by atoms with E-state index in [0.29, 0.717) is 19.4 Å². The minimum atomic E-state index is -0.297. The van der Waals surface area contributed by atoms with Crippen LogP contribution in [0.15, 0.2) is 54.7 Å². The molecule has 4 nitrogen and oxygen atoms in total. The number of benzene rings is 2. The van der Waals surface area contributed by atoms with E-state index in [-0.39, 0.29) is 30.0 Å². The number of carbonyl (C=O) groups excluding carboxylic acids is 2. The first-order chi connectivity index (χ1) is 12.6. The van der Waals surface area contributed by atoms with Crippen molar-refractivity contribution < 1.29 is 14.0 Å². The number of aromatic nitrogens is 1. The molecule has 2 heterocycles. The SMILES string of the molecule is O=C1CC(Cc2ccccc2)C(=O)N1CCc1c[nH]c2ccc(F)cc12. The number of likely N-dealkylation sites (tertiary alicyclic amines) is 1. The molecule has 3 aromatic rings. The van der Waals surface area contributed by atoms with Gasteiger partial charge in [0.1, 0.15) is 5.82 Å². The molecule has 1 unspecified atom stereocenters. The molecule has 1 aliphatic heterocycles. The number of fused-ring (bicyclic) bond motifs is 1. The zero-order chi connectivity index (χ0) is 18.1. The topological polar surface area (TPSA) is 53.2 Å². The number of nitrogens with one attached hydrogen (secondary N) is 1. The standard InChI is InChI=1S/C21H19FN2O2/c22-17-6-7-19-18(12-17)15(13-23-19)8-9-24-20(25)11-16(21(24)26)10-14-4-2-1-3-5-14/h1-7,12-13,16,23H,8-11H2. The Hall–Kier alpha value is -2.95. The molecular formula is C21H19FN2O2. The Balaban J connectivity index is 1.45. The monoisotopic (exact) mass is 350 g/mol. The highest BCUT2D eigenvalue weighted by Crippen LogP contribution is 2.25. The van der Waals surface area contributed by atoms with E-state index < -0.39 is 0 Å². The van der Waals surface area contributed by atoms with Crippen LogP contribution in [0.1, 0.15) is 17.5 Å². The third-order valence-electron chi connectivity index (χ3n) is 5.00. The third-order valence-corrected chi connectivity index (χ3v) is 5.00. The first-order valence-corrected chi connectivity index (χ1v) is 8.75. The van der Waals surface area contributed by atoms with Crippen molar-refractivity contribution in [3.05, 3.63) is 71.7 Å². The minimum Gasteiger partial charge on any atom is -0.361 e. The maximum Gasteiger partial charge on any atom is 0.233 e. The summed E-state index contributed by atoms with van der Waals surface area (Å²) in [5.41, 5.74) is 2.82. The molecule has 1 aromatic heterocycles. The van der Waals surface area contributed by atoms with Gasteiger partial charge >= 0.3 is 0 Å². The van der Waals surface area contributed by atoms with Gasteiger partial charge in [0.15, 0.2) is 0 Å². The highest BCUT2D eigenvalue weighted by Gasteiger charge is 2.38. The summed E-state index contributed by atoms with van der Waals surface area (Å²) in [7, 11) is 0. The van der Waals surface area contributed by atoms with Crippen molar-refractivity contribution in [2.75, 3.05) is 6.54 Å². The number of hydrogen-bond donors (Lipinski definition) is 1. The van der Waals surface area contributed by atoms with Crippen LogP contribution in [0.25, 0.3) is 10.9 Å². The van der Waals surface area contributed by atoms with Gasteiger partial charge in [0.25, 0.3) is 0 Å². The van der Waals surface area contributed by atoms with E-state index in [1.807, 2.05) is 36.5 Å². The lowest BCUT2D eigenvalue weighted by atomic mass is 9.98. The summed E-state index contributed by atoms with van der Waals surface area (Å²) in [5.74, 6) is -0.813. The van der Waals surface area contributed by atoms with Gasteiger partial charge in [-0.25, -0.2) is 4.39 Å². The van der Waals surface area contributed by atoms with Crippen molar-refractivity contribution in [1.29, 1.82) is 0 Å². The summed E-state index contributed by atoms with van der Waals surface area (Å²) in [6.45, 7) is 0.326. The molecule has 5 heteroatoms. The number of H-pyrrole nitrogens is 1. The zero-order valence-electron chi connectivity index (χ0n) is 14.2. The number of carbonyl (C=O) groups is 2. The smallest absolute Gasteiger partial charge is 0.233 e. The average molecular weight is 350 g/mol. The van der Waals surface area contributed by atoms with Crippen LogP contribution in [0.2, 0.25) is 0 Å². The first kappa shape index (κ1) is 16.5. The highest BCUT2D eigenvalue weighted by atomic mass is 19.1. The number of halogens is 1. The van der Waals surface area contributed by atoms with Gasteiger partial charge in [-0.15, -0.1) is 0 Å². The van der Waals surface area contributed by atoms with Gasteiger partial charge in [0.2, 0.25) is 11.8 Å². The van der Waals surface area contributed by atoms with Crippen molar-refractivity contribution in [3.8, 4) is 0 Å². The molecule has 1 N–H and O–H groups in total. The molecule has 1 saturated heterocycles. The lowest BCUT2D eigenvalue weighted by molar-refractivity contribution is -0.139. The summed E-state index contributed by atoms with van der Waals surface area (Å²) < 4.78 is 13.5. The summed E-state index contributed by atoms with van der Waals surface area (Å²) in [6, 6.07) is 14.3. The molecule has 2 aromatic carbocycles. The quantitative estimate of drug-likeness (QED) is 0.717. The van der Waals surface area contributed by atoms with E-state index >= 15 is 0 Å². The highest BCUT2D eigenvalue weighted by molar-refractivity contribution is 6.03. The van der Waals surface area contributed by atoms with Gasteiger partial charge in [-0.1, -0.05) is 30.3 Å². The fraction of sp³-hybridized carbons (Fsp3) is 0.238. The van der Waals surface area contributed by atoms with Crippen molar-refractivity contribution in [2.45, 2.75) is 19.3 Å². The minimum absolute atomic E-state index is 0.107. The van der Waals surface area contributed by atoms with Crippen LogP contribution in [0.4, 0.5) is 4.39 Å². The van der Waals surface area contributed by atoms with Gasteiger partial charge in [0, 0.05) is 30.1 Å². The van der Waals surface area contributed by atoms with Crippen LogP contribution in [-0.2, 0) is 22.4 Å². The summed E-state index contributed by atoms with van der Waals surface area (Å²) >= 11 is 0. The predicted octanol–water partition coefficient (Wildman–Crippen LogP) is 3.47. The fourth-order valence-corrected chi connectivity index (χ4v) is 3.63. The van der Waals surface area contributed by atoms with E-state index in [2.05, 4.69) is 4.98 Å². The van der Waals surface area contributed by atoms with Crippen molar-refractivity contribution in [2.24, 2.45) is 5.92 Å². The number of aromatic amines is 1. The Labute approximate surface area is 150 Å². The van der Waals surface area contributed by atoms with Gasteiger partial charge < -0.3 is 4.98 Å². The number of hydrogen-bond acceptors (Lipinski definition) is 2. The van der Waals surface area contributed by atoms with E-state index in [9.17, 15) is 14.0 Å². The maximum absolute atomic E-state index is 13.5. The largest absolute Gasteiger partial charge is 0.361 e. The van der Waals surface area contributed by atoms with Gasteiger partial charge in [-0.2, -0.15) is 0 Å². The molecule has 1 fully saturated rings. The Morgan fingerprint density at radius 3 is 2.73 bits per heavy atom. The fourth-order valence-electron chi connectivity index (χ4n) is 3.63. The third kappa shape index (κ3) is 3.12. The maximum atomic E-state index is 13.5. The molecule has 4 rings (SSSR count). The molecule has 132 valence electrons. The lowest BCUT2D eigenvalue weighted by Crippen LogP contribution is -2.32. The molecule has 1 aliphatic rings. The molecule has 2 amide bonds. The van der Waals surface area contributed by atoms with Crippen LogP contribution < -0.4 is 0 Å². The molecule has 1 atom stereocenters. The van der Waals surface area contributed by atoms with Crippen LogP contribution >= 0.6 is 0 Å². The summed E-state index contributed by atoms with van der Waals surface area (Å²) in [4.78, 5) is 29.4. The van der Waals surface area contributed by atoms with E-state index in [4.69, 9.17) is 0 Å². The van der Waals surface area contributed by atoms with Gasteiger partial charge in [-0.05, 0) is 42.2 Å². The Kier molecular flexibility index (Phi) is 4.29. The molecule has 0 radical (unpaired) electrons. The first-order valence-electron chi connectivity index (χ1n) is 8.75. The number of amides is 2. The Morgan fingerprint density at radius 2 is 1.92 bits per heavy atom. The molecule has 0 bridgehead atoms. The summed E-state index contributed by atoms with van der Waals surface area (Å²) in [5, 5.41) is 0.796. The Morgan fingerprint density at radius 1 is 1.12 bits per heavy atom. The van der Waals surface area contributed by atoms with Crippen LogP contribution in [-0.4, -0.2) is 28.2 Å². The molecular weight excluding hydrogens is 331 g/mol. The van der Waals surface area contributed by atoms with Crippen molar-refractivity contribution >= 4 is 22.7 Å². The van der Waals surface area contributed by atoms with Gasteiger partial charge in [0.05, 0.1) is 5.92 Å². The molecule has 0 aliphatic carbocycles. The van der Waals surface area contributed by atoms with Crippen molar-refractivity contribution in [3.63, 3.8) is 0 Å². The predicted molar refractivity (Wildman–Crippen MR) is 96.9 cm³/mol. The molecule has 0 spiro atoms. The van der Waals surface area contributed by atoms with E-state index in [1.54, 1.807) is 6.07 Å². The Bertz CT molecular complexity index is 965. The lowest BCUT2D eigenvalue weighted by Gasteiger charge is -2.15. The number of rotatable bonds is 5. The number of imide groups is 1. The summed E-state index contributed by atoms with van der Waals surface area (Å²) in [6.07, 6.45) is 3.17. The van der Waals surface area contributed by atoms with Crippen molar-refractivity contribution in [1.82, 2.24) is 9.88 Å². The normalized spacial score (nSPS) is 17.4. The van der Waals surface area contributed by atoms with E-state index in [1.165, 1.54) is 17.0 Å².